The molecule has 3 rings (SSSR count). The van der Waals surface area contributed by atoms with Crippen molar-refractivity contribution in [3.63, 3.8) is 0 Å². The summed E-state index contributed by atoms with van der Waals surface area (Å²) in [4.78, 5) is 31.1. The zero-order valence-corrected chi connectivity index (χ0v) is 11.8. The van der Waals surface area contributed by atoms with E-state index in [0.29, 0.717) is 29.3 Å². The first kappa shape index (κ1) is 13.2. The number of fused-ring (bicyclic) bond motifs is 1. The maximum atomic E-state index is 12.2. The molecule has 0 radical (unpaired) electrons. The molecule has 0 fully saturated rings. The van der Waals surface area contributed by atoms with Crippen molar-refractivity contribution in [3.8, 4) is 5.69 Å². The lowest BCUT2D eigenvalue weighted by Crippen LogP contribution is -2.30. The molecule has 0 aliphatic heterocycles. The van der Waals surface area contributed by atoms with Gasteiger partial charge in [0.25, 0.3) is 5.56 Å². The Bertz CT molecular complexity index is 905. The summed E-state index contributed by atoms with van der Waals surface area (Å²) in [5.41, 5.74) is 0.457. The molecule has 108 valence electrons. The molecule has 0 saturated carbocycles. The Hall–Kier alpha value is -2.83. The molecule has 0 saturated heterocycles. The van der Waals surface area contributed by atoms with Gasteiger partial charge >= 0.3 is 5.69 Å². The number of aromatic nitrogens is 4. The van der Waals surface area contributed by atoms with Gasteiger partial charge in [0.15, 0.2) is 11.2 Å². The maximum absolute atomic E-state index is 12.2. The van der Waals surface area contributed by atoms with Gasteiger partial charge in [0.05, 0.1) is 5.69 Å². The van der Waals surface area contributed by atoms with Gasteiger partial charge in [0, 0.05) is 13.6 Å². The van der Waals surface area contributed by atoms with Gasteiger partial charge in [-0.15, -0.1) is 0 Å². The molecule has 2 N–H and O–H groups in total. The van der Waals surface area contributed by atoms with Gasteiger partial charge < -0.3 is 9.88 Å². The highest BCUT2D eigenvalue weighted by Crippen LogP contribution is 2.17. The molecule has 0 atom stereocenters. The molecular weight excluding hydrogens is 270 g/mol. The van der Waals surface area contributed by atoms with E-state index < -0.39 is 11.2 Å². The summed E-state index contributed by atoms with van der Waals surface area (Å²) in [5, 5.41) is 2.94. The van der Waals surface area contributed by atoms with E-state index in [9.17, 15) is 9.59 Å². The van der Waals surface area contributed by atoms with Gasteiger partial charge in [-0.3, -0.25) is 9.78 Å². The standard InChI is InChI=1S/C14H15N5O2/c1-3-18-10-11(16-13(18)15-2)19(14(21)17-12(10)20)9-7-5-4-6-8-9/h4-8H,3H2,1-2H3,(H,15,16)(H,17,20,21). The summed E-state index contributed by atoms with van der Waals surface area (Å²) < 4.78 is 3.15. The van der Waals surface area contributed by atoms with E-state index in [1.807, 2.05) is 25.1 Å². The van der Waals surface area contributed by atoms with Crippen LogP contribution in [0, 0.1) is 0 Å². The number of imidazole rings is 1. The van der Waals surface area contributed by atoms with Crippen LogP contribution in [-0.4, -0.2) is 26.1 Å². The van der Waals surface area contributed by atoms with Crippen LogP contribution in [0.15, 0.2) is 39.9 Å². The molecule has 0 unspecified atom stereocenters. The Balaban J connectivity index is 2.49. The summed E-state index contributed by atoms with van der Waals surface area (Å²) in [7, 11) is 1.73. The largest absolute Gasteiger partial charge is 0.359 e. The number of aryl methyl sites for hydroxylation is 1. The number of H-pyrrole nitrogens is 1. The molecule has 21 heavy (non-hydrogen) atoms. The van der Waals surface area contributed by atoms with Gasteiger partial charge in [-0.1, -0.05) is 18.2 Å². The summed E-state index contributed by atoms with van der Waals surface area (Å²) in [6.07, 6.45) is 0. The van der Waals surface area contributed by atoms with Crippen molar-refractivity contribution in [2.75, 3.05) is 12.4 Å². The van der Waals surface area contributed by atoms with Crippen molar-refractivity contribution in [3.05, 3.63) is 51.2 Å². The lowest BCUT2D eigenvalue weighted by atomic mass is 10.3. The van der Waals surface area contributed by atoms with E-state index >= 15 is 0 Å². The molecule has 7 heteroatoms. The van der Waals surface area contributed by atoms with Crippen LogP contribution in [0.4, 0.5) is 5.95 Å². The quantitative estimate of drug-likeness (QED) is 0.750. The number of anilines is 1. The fourth-order valence-corrected chi connectivity index (χ4v) is 2.44. The van der Waals surface area contributed by atoms with Crippen molar-refractivity contribution in [1.29, 1.82) is 0 Å². The third-order valence-corrected chi connectivity index (χ3v) is 3.35. The predicted molar refractivity (Wildman–Crippen MR) is 81.2 cm³/mol. The van der Waals surface area contributed by atoms with Crippen LogP contribution in [0.25, 0.3) is 16.9 Å². The minimum atomic E-state index is -0.498. The highest BCUT2D eigenvalue weighted by molar-refractivity contribution is 5.76. The topological polar surface area (TPSA) is 84.7 Å². The first-order valence-corrected chi connectivity index (χ1v) is 6.66. The molecule has 2 aromatic heterocycles. The van der Waals surface area contributed by atoms with Gasteiger partial charge in [-0.25, -0.2) is 9.36 Å². The van der Waals surface area contributed by atoms with Crippen molar-refractivity contribution < 1.29 is 0 Å². The predicted octanol–water partition coefficient (Wildman–Crippen LogP) is 0.937. The van der Waals surface area contributed by atoms with Gasteiger partial charge in [-0.2, -0.15) is 4.98 Å². The molecule has 0 aliphatic rings. The average Bonchev–Trinajstić information content (AvgIpc) is 2.87. The van der Waals surface area contributed by atoms with E-state index in [4.69, 9.17) is 0 Å². The highest BCUT2D eigenvalue weighted by Gasteiger charge is 2.17. The van der Waals surface area contributed by atoms with Gasteiger partial charge in [0.2, 0.25) is 5.95 Å². The van der Waals surface area contributed by atoms with Crippen molar-refractivity contribution in [2.45, 2.75) is 13.5 Å². The molecule has 0 spiro atoms. The molecule has 7 nitrogen and oxygen atoms in total. The van der Waals surface area contributed by atoms with Crippen LogP contribution in [-0.2, 0) is 6.54 Å². The van der Waals surface area contributed by atoms with Gasteiger partial charge in [0.1, 0.15) is 0 Å². The fraction of sp³-hybridized carbons (Fsp3) is 0.214. The number of benzene rings is 1. The lowest BCUT2D eigenvalue weighted by Gasteiger charge is -2.06. The third-order valence-electron chi connectivity index (χ3n) is 3.35. The molecule has 0 amide bonds. The Morgan fingerprint density at radius 2 is 1.95 bits per heavy atom. The molecule has 2 heterocycles. The van der Waals surface area contributed by atoms with E-state index in [-0.39, 0.29) is 0 Å². The zero-order valence-electron chi connectivity index (χ0n) is 11.8. The first-order valence-electron chi connectivity index (χ1n) is 6.66. The summed E-state index contributed by atoms with van der Waals surface area (Å²) >= 11 is 0. The van der Waals surface area contributed by atoms with Crippen LogP contribution in [0.1, 0.15) is 6.92 Å². The molecule has 3 aromatic rings. The highest BCUT2D eigenvalue weighted by atomic mass is 16.2. The average molecular weight is 285 g/mol. The third kappa shape index (κ3) is 1.94. The number of hydrogen-bond acceptors (Lipinski definition) is 4. The maximum Gasteiger partial charge on any atom is 0.334 e. The number of rotatable bonds is 3. The van der Waals surface area contributed by atoms with Crippen molar-refractivity contribution in [1.82, 2.24) is 19.1 Å². The number of nitrogens with zero attached hydrogens (tertiary/aromatic N) is 3. The van der Waals surface area contributed by atoms with Crippen LogP contribution < -0.4 is 16.6 Å². The zero-order chi connectivity index (χ0) is 15.0. The van der Waals surface area contributed by atoms with Crippen molar-refractivity contribution >= 4 is 17.1 Å². The summed E-state index contributed by atoms with van der Waals surface area (Å²) in [6.45, 7) is 2.49. The first-order chi connectivity index (χ1) is 10.2. The van der Waals surface area contributed by atoms with Crippen molar-refractivity contribution in [2.24, 2.45) is 0 Å². The van der Waals surface area contributed by atoms with Crippen LogP contribution in [0.3, 0.4) is 0 Å². The smallest absolute Gasteiger partial charge is 0.334 e. The van der Waals surface area contributed by atoms with E-state index in [1.165, 1.54) is 4.57 Å². The normalized spacial score (nSPS) is 11.0. The van der Waals surface area contributed by atoms with Crippen LogP contribution >= 0.6 is 0 Å². The number of aromatic amines is 1. The Morgan fingerprint density at radius 1 is 1.24 bits per heavy atom. The Kier molecular flexibility index (Phi) is 3.09. The van der Waals surface area contributed by atoms with E-state index in [1.54, 1.807) is 23.7 Å². The second-order valence-corrected chi connectivity index (χ2v) is 4.53. The molecule has 0 aliphatic carbocycles. The monoisotopic (exact) mass is 285 g/mol. The minimum absolute atomic E-state index is 0.348. The number of para-hydroxylation sites is 1. The Morgan fingerprint density at radius 3 is 2.57 bits per heavy atom. The van der Waals surface area contributed by atoms with Crippen LogP contribution in [0.2, 0.25) is 0 Å². The van der Waals surface area contributed by atoms with E-state index in [2.05, 4.69) is 15.3 Å². The summed E-state index contributed by atoms with van der Waals surface area (Å²) in [6, 6.07) is 9.11. The van der Waals surface area contributed by atoms with E-state index in [0.717, 1.165) is 0 Å². The summed E-state index contributed by atoms with van der Waals surface area (Å²) in [5.74, 6) is 0.549. The number of nitrogens with one attached hydrogen (secondary N) is 2. The number of hydrogen-bond donors (Lipinski definition) is 2. The fourth-order valence-electron chi connectivity index (χ4n) is 2.44. The lowest BCUT2D eigenvalue weighted by molar-refractivity contribution is 0.788. The SMILES string of the molecule is CCn1c(NC)nc2c1c(=O)[nH]c(=O)n2-c1ccccc1. The van der Waals surface area contributed by atoms with Gasteiger partial charge in [-0.05, 0) is 19.1 Å². The molecule has 1 aromatic carbocycles. The van der Waals surface area contributed by atoms with Crippen LogP contribution in [0.5, 0.6) is 0 Å². The second kappa shape index (κ2) is 4.93. The molecular formula is C14H15N5O2. The minimum Gasteiger partial charge on any atom is -0.359 e. The second-order valence-electron chi connectivity index (χ2n) is 4.53. The Labute approximate surface area is 119 Å². The molecule has 0 bridgehead atoms.